The van der Waals surface area contributed by atoms with Crippen molar-refractivity contribution in [1.82, 2.24) is 15.0 Å². The van der Waals surface area contributed by atoms with Gasteiger partial charge in [0.2, 0.25) is 11.7 Å². The van der Waals surface area contributed by atoms with Gasteiger partial charge in [-0.15, -0.1) is 0 Å². The zero-order chi connectivity index (χ0) is 17.3. The van der Waals surface area contributed by atoms with Crippen LogP contribution in [-0.4, -0.2) is 33.2 Å². The number of hydrogen-bond acceptors (Lipinski definition) is 5. The number of piperidine rings is 1. The first-order valence-corrected chi connectivity index (χ1v) is 7.39. The summed E-state index contributed by atoms with van der Waals surface area (Å²) < 4.78 is 57.4. The molecular formula is C15H15F4N3O2. The number of likely N-dealkylation sites (tertiary alicyclic amines) is 1. The topological polar surface area (TPSA) is 62.4 Å². The molecule has 2 heterocycles. The molecule has 0 unspecified atom stereocenters. The van der Waals surface area contributed by atoms with Gasteiger partial charge in [-0.25, -0.2) is 17.6 Å². The van der Waals surface area contributed by atoms with E-state index in [4.69, 9.17) is 4.52 Å². The summed E-state index contributed by atoms with van der Waals surface area (Å²) in [6, 6.07) is 3.45. The van der Waals surface area contributed by atoms with E-state index in [-0.39, 0.29) is 30.8 Å². The standard InChI is InChI=1S/C15H15F4N3O2/c16-9-2-1-3-10(17)12(9)15(23)4-6-22(7-5-15)8-11-20-14(13(18)19)21-24-11/h1-3,13,23H,4-8H2. The molecule has 1 aromatic heterocycles. The third-order valence-electron chi connectivity index (χ3n) is 4.15. The Morgan fingerprint density at radius 2 is 1.83 bits per heavy atom. The average Bonchev–Trinajstić information content (AvgIpc) is 2.98. The summed E-state index contributed by atoms with van der Waals surface area (Å²) in [5, 5.41) is 13.8. The van der Waals surface area contributed by atoms with Crippen LogP contribution >= 0.6 is 0 Å². The lowest BCUT2D eigenvalue weighted by Crippen LogP contribution is -2.43. The van der Waals surface area contributed by atoms with Crippen molar-refractivity contribution in [2.45, 2.75) is 31.4 Å². The van der Waals surface area contributed by atoms with Crippen molar-refractivity contribution >= 4 is 0 Å². The maximum absolute atomic E-state index is 13.9. The Morgan fingerprint density at radius 1 is 1.21 bits per heavy atom. The van der Waals surface area contributed by atoms with Gasteiger partial charge >= 0.3 is 6.43 Å². The van der Waals surface area contributed by atoms with E-state index in [0.717, 1.165) is 12.1 Å². The molecule has 0 amide bonds. The molecule has 0 radical (unpaired) electrons. The molecule has 1 saturated heterocycles. The summed E-state index contributed by atoms with van der Waals surface area (Å²) in [6.45, 7) is 0.739. The van der Waals surface area contributed by atoms with E-state index >= 15 is 0 Å². The zero-order valence-corrected chi connectivity index (χ0v) is 12.6. The Labute approximate surface area is 134 Å². The fourth-order valence-corrected chi connectivity index (χ4v) is 2.89. The quantitative estimate of drug-likeness (QED) is 0.864. The van der Waals surface area contributed by atoms with Crippen LogP contribution in [0, 0.1) is 11.6 Å². The van der Waals surface area contributed by atoms with Crippen molar-refractivity contribution in [3.63, 3.8) is 0 Å². The Bertz CT molecular complexity index is 694. The van der Waals surface area contributed by atoms with Crippen molar-refractivity contribution in [2.24, 2.45) is 0 Å². The van der Waals surface area contributed by atoms with E-state index in [1.54, 1.807) is 4.90 Å². The molecule has 0 saturated carbocycles. The van der Waals surface area contributed by atoms with Gasteiger partial charge in [-0.1, -0.05) is 11.2 Å². The number of halogens is 4. The molecule has 1 fully saturated rings. The van der Waals surface area contributed by atoms with Gasteiger partial charge < -0.3 is 9.63 Å². The molecule has 1 aliphatic rings. The molecule has 1 aliphatic heterocycles. The van der Waals surface area contributed by atoms with Crippen molar-refractivity contribution in [3.05, 3.63) is 47.1 Å². The molecule has 1 N–H and O–H groups in total. The number of nitrogens with zero attached hydrogens (tertiary/aromatic N) is 3. The third kappa shape index (κ3) is 3.27. The van der Waals surface area contributed by atoms with Crippen LogP contribution in [0.5, 0.6) is 0 Å². The van der Waals surface area contributed by atoms with Crippen LogP contribution in [0.25, 0.3) is 0 Å². The predicted molar refractivity (Wildman–Crippen MR) is 74.0 cm³/mol. The minimum atomic E-state index is -2.81. The molecule has 1 aromatic carbocycles. The van der Waals surface area contributed by atoms with Gasteiger partial charge in [-0.05, 0) is 25.0 Å². The summed E-state index contributed by atoms with van der Waals surface area (Å²) >= 11 is 0. The summed E-state index contributed by atoms with van der Waals surface area (Å²) in [6.07, 6.45) is -2.61. The molecule has 5 nitrogen and oxygen atoms in total. The van der Waals surface area contributed by atoms with Crippen molar-refractivity contribution in [1.29, 1.82) is 0 Å². The second-order valence-electron chi connectivity index (χ2n) is 5.75. The van der Waals surface area contributed by atoms with E-state index in [9.17, 15) is 22.7 Å². The zero-order valence-electron chi connectivity index (χ0n) is 12.6. The van der Waals surface area contributed by atoms with Crippen molar-refractivity contribution in [2.75, 3.05) is 13.1 Å². The van der Waals surface area contributed by atoms with Crippen molar-refractivity contribution in [3.8, 4) is 0 Å². The lowest BCUT2D eigenvalue weighted by molar-refractivity contribution is -0.0346. The number of aliphatic hydroxyl groups is 1. The number of hydrogen-bond donors (Lipinski definition) is 1. The van der Waals surface area contributed by atoms with Crippen LogP contribution in [0.3, 0.4) is 0 Å². The Kier molecular flexibility index (Phi) is 4.55. The molecule has 0 bridgehead atoms. The minimum Gasteiger partial charge on any atom is -0.385 e. The van der Waals surface area contributed by atoms with Crippen molar-refractivity contribution < 1.29 is 27.2 Å². The second-order valence-corrected chi connectivity index (χ2v) is 5.75. The lowest BCUT2D eigenvalue weighted by atomic mass is 9.83. The normalized spacial score (nSPS) is 18.2. The van der Waals surface area contributed by atoms with Crippen LogP contribution < -0.4 is 0 Å². The molecule has 2 aromatic rings. The Morgan fingerprint density at radius 3 is 2.38 bits per heavy atom. The second kappa shape index (κ2) is 6.48. The van der Waals surface area contributed by atoms with Gasteiger partial charge in [0.25, 0.3) is 0 Å². The maximum atomic E-state index is 13.9. The van der Waals surface area contributed by atoms with Crippen LogP contribution in [0.15, 0.2) is 22.7 Å². The van der Waals surface area contributed by atoms with Gasteiger partial charge in [0, 0.05) is 13.1 Å². The monoisotopic (exact) mass is 345 g/mol. The third-order valence-corrected chi connectivity index (χ3v) is 4.15. The highest BCUT2D eigenvalue weighted by atomic mass is 19.3. The molecule has 0 spiro atoms. The largest absolute Gasteiger partial charge is 0.385 e. The van der Waals surface area contributed by atoms with Gasteiger partial charge in [0.05, 0.1) is 17.7 Å². The first kappa shape index (κ1) is 16.8. The number of benzene rings is 1. The molecule has 0 atom stereocenters. The average molecular weight is 345 g/mol. The summed E-state index contributed by atoms with van der Waals surface area (Å²) in [5.41, 5.74) is -1.93. The highest BCUT2D eigenvalue weighted by molar-refractivity contribution is 5.27. The number of rotatable bonds is 4. The molecule has 24 heavy (non-hydrogen) atoms. The Balaban J connectivity index is 1.66. The summed E-state index contributed by atoms with van der Waals surface area (Å²) in [4.78, 5) is 5.36. The fourth-order valence-electron chi connectivity index (χ4n) is 2.89. The number of aromatic nitrogens is 2. The van der Waals surface area contributed by atoms with Crippen LogP contribution in [-0.2, 0) is 12.1 Å². The van der Waals surface area contributed by atoms with Gasteiger partial charge in [-0.3, -0.25) is 4.90 Å². The lowest BCUT2D eigenvalue weighted by Gasteiger charge is -2.38. The first-order valence-electron chi connectivity index (χ1n) is 7.39. The van der Waals surface area contributed by atoms with Crippen LogP contribution in [0.1, 0.15) is 36.5 Å². The van der Waals surface area contributed by atoms with E-state index in [0.29, 0.717) is 13.1 Å². The molecule has 3 rings (SSSR count). The first-order chi connectivity index (χ1) is 11.4. The highest BCUT2D eigenvalue weighted by Gasteiger charge is 2.38. The van der Waals surface area contributed by atoms with Gasteiger partial charge in [-0.2, -0.15) is 4.98 Å². The van der Waals surface area contributed by atoms with Crippen LogP contribution in [0.4, 0.5) is 17.6 Å². The fraction of sp³-hybridized carbons (Fsp3) is 0.467. The summed E-state index contributed by atoms with van der Waals surface area (Å²) in [5.74, 6) is -2.21. The highest BCUT2D eigenvalue weighted by Crippen LogP contribution is 2.36. The van der Waals surface area contributed by atoms with E-state index in [1.165, 1.54) is 6.07 Å². The minimum absolute atomic E-state index is 0.0350. The van der Waals surface area contributed by atoms with Crippen LogP contribution in [0.2, 0.25) is 0 Å². The van der Waals surface area contributed by atoms with Gasteiger partial charge in [0.1, 0.15) is 11.6 Å². The predicted octanol–water partition coefficient (Wildman–Crippen LogP) is 2.77. The Hall–Kier alpha value is -2.00. The molecule has 130 valence electrons. The molecular weight excluding hydrogens is 330 g/mol. The molecule has 0 aliphatic carbocycles. The maximum Gasteiger partial charge on any atom is 0.300 e. The van der Waals surface area contributed by atoms with E-state index < -0.39 is 29.5 Å². The number of alkyl halides is 2. The summed E-state index contributed by atoms with van der Waals surface area (Å²) in [7, 11) is 0. The SMILES string of the molecule is OC1(c2c(F)cccc2F)CCN(Cc2nc(C(F)F)no2)CC1. The van der Waals surface area contributed by atoms with E-state index in [2.05, 4.69) is 10.1 Å². The van der Waals surface area contributed by atoms with Gasteiger partial charge in [0.15, 0.2) is 0 Å². The van der Waals surface area contributed by atoms with E-state index in [1.807, 2.05) is 0 Å². The molecule has 9 heteroatoms. The smallest absolute Gasteiger partial charge is 0.300 e.